The van der Waals surface area contributed by atoms with E-state index in [0.717, 1.165) is 28.1 Å². The minimum Gasteiger partial charge on any atom is -0.383 e. The van der Waals surface area contributed by atoms with Gasteiger partial charge in [-0.15, -0.1) is 0 Å². The molecule has 3 nitrogen and oxygen atoms in total. The van der Waals surface area contributed by atoms with Crippen LogP contribution >= 0.6 is 15.9 Å². The summed E-state index contributed by atoms with van der Waals surface area (Å²) in [5.74, 6) is 0.780. The van der Waals surface area contributed by atoms with E-state index in [4.69, 9.17) is 5.73 Å². The Morgan fingerprint density at radius 1 is 1.33 bits per heavy atom. The third-order valence-electron chi connectivity index (χ3n) is 3.28. The monoisotopic (exact) mass is 309 g/mol. The molecule has 2 heterocycles. The number of nitrogens with zero attached hydrogens (tertiary/aromatic N) is 2. The number of pyridine rings is 1. The molecule has 18 heavy (non-hydrogen) atoms. The van der Waals surface area contributed by atoms with Gasteiger partial charge < -0.3 is 5.73 Å². The van der Waals surface area contributed by atoms with E-state index in [2.05, 4.69) is 40.8 Å². The van der Waals surface area contributed by atoms with Gasteiger partial charge in [0.05, 0.1) is 5.69 Å². The average Bonchev–Trinajstić information content (AvgIpc) is 2.63. The average molecular weight is 310 g/mol. The number of rotatable bonds is 5. The van der Waals surface area contributed by atoms with Crippen molar-refractivity contribution in [3.05, 3.63) is 28.0 Å². The first-order valence-corrected chi connectivity index (χ1v) is 7.35. The van der Waals surface area contributed by atoms with E-state index >= 15 is 0 Å². The molecule has 4 heteroatoms. The quantitative estimate of drug-likeness (QED) is 0.845. The Labute approximate surface area is 117 Å². The molecule has 0 atom stereocenters. The molecule has 2 rings (SSSR count). The lowest BCUT2D eigenvalue weighted by Crippen LogP contribution is -1.97. The fourth-order valence-electron chi connectivity index (χ4n) is 2.13. The maximum absolute atomic E-state index is 6.15. The Hall–Kier alpha value is -1.03. The van der Waals surface area contributed by atoms with Gasteiger partial charge in [-0.1, -0.05) is 26.2 Å². The minimum atomic E-state index is 0.780. The first-order chi connectivity index (χ1) is 8.63. The molecule has 2 aromatic heterocycles. The Balaban J connectivity index is 2.22. The van der Waals surface area contributed by atoms with Crippen molar-refractivity contribution >= 4 is 27.4 Å². The Morgan fingerprint density at radius 2 is 2.11 bits per heavy atom. The molecule has 0 aliphatic rings. The van der Waals surface area contributed by atoms with Gasteiger partial charge in [-0.3, -0.25) is 4.40 Å². The van der Waals surface area contributed by atoms with Crippen LogP contribution in [0.15, 0.2) is 16.7 Å². The van der Waals surface area contributed by atoms with Crippen molar-refractivity contribution in [2.45, 2.75) is 46.0 Å². The largest absolute Gasteiger partial charge is 0.383 e. The number of halogens is 1. The molecule has 2 aromatic rings. The molecule has 0 aliphatic heterocycles. The molecular formula is C14H20BrN3. The van der Waals surface area contributed by atoms with Gasteiger partial charge in [0.2, 0.25) is 0 Å². The molecule has 0 fully saturated rings. The van der Waals surface area contributed by atoms with E-state index in [9.17, 15) is 0 Å². The summed E-state index contributed by atoms with van der Waals surface area (Å²) in [7, 11) is 0. The van der Waals surface area contributed by atoms with E-state index in [1.54, 1.807) is 0 Å². The third kappa shape index (κ3) is 2.69. The molecule has 0 radical (unpaired) electrons. The summed E-state index contributed by atoms with van der Waals surface area (Å²) >= 11 is 3.53. The molecule has 0 aromatic carbocycles. The van der Waals surface area contributed by atoms with Crippen molar-refractivity contribution in [2.75, 3.05) is 5.73 Å². The van der Waals surface area contributed by atoms with Crippen molar-refractivity contribution in [1.82, 2.24) is 9.38 Å². The second-order valence-corrected chi connectivity index (χ2v) is 5.64. The second kappa shape index (κ2) is 5.74. The number of aromatic nitrogens is 2. The number of imidazole rings is 1. The van der Waals surface area contributed by atoms with Crippen molar-refractivity contribution in [3.8, 4) is 0 Å². The first-order valence-electron chi connectivity index (χ1n) is 6.56. The van der Waals surface area contributed by atoms with Crippen LogP contribution in [0.1, 0.15) is 43.9 Å². The minimum absolute atomic E-state index is 0.780. The van der Waals surface area contributed by atoms with Gasteiger partial charge in [0.1, 0.15) is 11.5 Å². The van der Waals surface area contributed by atoms with Crippen LogP contribution in [0.25, 0.3) is 5.65 Å². The van der Waals surface area contributed by atoms with Gasteiger partial charge in [0, 0.05) is 10.7 Å². The molecular weight excluding hydrogens is 290 g/mol. The zero-order chi connectivity index (χ0) is 13.1. The fraction of sp³-hybridized carbons (Fsp3) is 0.500. The van der Waals surface area contributed by atoms with Crippen LogP contribution in [-0.4, -0.2) is 9.38 Å². The lowest BCUT2D eigenvalue weighted by Gasteiger charge is -2.01. The highest BCUT2D eigenvalue weighted by Gasteiger charge is 2.10. The van der Waals surface area contributed by atoms with Gasteiger partial charge in [0.15, 0.2) is 0 Å². The highest BCUT2D eigenvalue weighted by molar-refractivity contribution is 9.10. The number of anilines is 1. The fourth-order valence-corrected chi connectivity index (χ4v) is 2.45. The standard InChI is InChI=1S/C14H20BrN3/c1-3-4-5-6-7-12-14(16)18-9-11(15)10(2)8-13(18)17-12/h8-9H,3-7,16H2,1-2H3. The molecule has 0 bridgehead atoms. The van der Waals surface area contributed by atoms with Crippen molar-refractivity contribution in [3.63, 3.8) is 0 Å². The molecule has 0 aliphatic carbocycles. The van der Waals surface area contributed by atoms with Crippen LogP contribution in [0.3, 0.4) is 0 Å². The van der Waals surface area contributed by atoms with E-state index in [1.807, 2.05) is 10.6 Å². The topological polar surface area (TPSA) is 43.3 Å². The summed E-state index contributed by atoms with van der Waals surface area (Å²) in [6, 6.07) is 2.07. The predicted octanol–water partition coefficient (Wildman–Crippen LogP) is 4.11. The van der Waals surface area contributed by atoms with Crippen LogP contribution in [0.4, 0.5) is 5.82 Å². The predicted molar refractivity (Wildman–Crippen MR) is 79.9 cm³/mol. The molecule has 0 unspecified atom stereocenters. The Morgan fingerprint density at radius 3 is 2.83 bits per heavy atom. The van der Waals surface area contributed by atoms with Crippen molar-refractivity contribution in [2.24, 2.45) is 0 Å². The number of hydrogen-bond donors (Lipinski definition) is 1. The maximum Gasteiger partial charge on any atom is 0.139 e. The van der Waals surface area contributed by atoms with Crippen LogP contribution in [0.2, 0.25) is 0 Å². The summed E-state index contributed by atoms with van der Waals surface area (Å²) in [5.41, 5.74) is 9.31. The van der Waals surface area contributed by atoms with Gasteiger partial charge in [-0.05, 0) is 47.3 Å². The van der Waals surface area contributed by atoms with E-state index in [1.165, 1.54) is 31.2 Å². The van der Waals surface area contributed by atoms with E-state index in [-0.39, 0.29) is 0 Å². The number of aryl methyl sites for hydroxylation is 2. The van der Waals surface area contributed by atoms with Crippen LogP contribution < -0.4 is 5.73 Å². The van der Waals surface area contributed by atoms with Gasteiger partial charge in [-0.25, -0.2) is 4.98 Å². The number of nitrogens with two attached hydrogens (primary N) is 1. The maximum atomic E-state index is 6.15. The van der Waals surface area contributed by atoms with Crippen molar-refractivity contribution in [1.29, 1.82) is 0 Å². The van der Waals surface area contributed by atoms with Crippen LogP contribution in [0, 0.1) is 6.92 Å². The SMILES string of the molecule is CCCCCCc1nc2cc(C)c(Br)cn2c1N. The van der Waals surface area contributed by atoms with E-state index in [0.29, 0.717) is 0 Å². The smallest absolute Gasteiger partial charge is 0.139 e. The lowest BCUT2D eigenvalue weighted by molar-refractivity contribution is 0.663. The summed E-state index contributed by atoms with van der Waals surface area (Å²) in [4.78, 5) is 4.63. The highest BCUT2D eigenvalue weighted by atomic mass is 79.9. The summed E-state index contributed by atoms with van der Waals surface area (Å²) < 4.78 is 3.03. The van der Waals surface area contributed by atoms with E-state index < -0.39 is 0 Å². The Kier molecular flexibility index (Phi) is 4.27. The zero-order valence-electron chi connectivity index (χ0n) is 11.0. The second-order valence-electron chi connectivity index (χ2n) is 4.79. The van der Waals surface area contributed by atoms with Gasteiger partial charge >= 0.3 is 0 Å². The summed E-state index contributed by atoms with van der Waals surface area (Å²) in [5, 5.41) is 0. The summed E-state index contributed by atoms with van der Waals surface area (Å²) in [6.07, 6.45) is 7.95. The first kappa shape index (κ1) is 13.4. The Bertz CT molecular complexity index is 545. The number of nitrogen functional groups attached to an aromatic ring is 1. The molecule has 0 spiro atoms. The normalized spacial score (nSPS) is 11.3. The van der Waals surface area contributed by atoms with Crippen LogP contribution in [-0.2, 0) is 6.42 Å². The molecule has 0 saturated heterocycles. The zero-order valence-corrected chi connectivity index (χ0v) is 12.6. The number of hydrogen-bond acceptors (Lipinski definition) is 2. The highest BCUT2D eigenvalue weighted by Crippen LogP contribution is 2.23. The van der Waals surface area contributed by atoms with Gasteiger partial charge in [0.25, 0.3) is 0 Å². The summed E-state index contributed by atoms with van der Waals surface area (Å²) in [6.45, 7) is 4.29. The molecule has 0 saturated carbocycles. The van der Waals surface area contributed by atoms with Crippen LogP contribution in [0.5, 0.6) is 0 Å². The number of fused-ring (bicyclic) bond motifs is 1. The van der Waals surface area contributed by atoms with Gasteiger partial charge in [-0.2, -0.15) is 0 Å². The molecule has 98 valence electrons. The lowest BCUT2D eigenvalue weighted by atomic mass is 10.1. The van der Waals surface area contributed by atoms with Crippen molar-refractivity contribution < 1.29 is 0 Å². The molecule has 2 N–H and O–H groups in total. The molecule has 0 amide bonds. The third-order valence-corrected chi connectivity index (χ3v) is 4.11. The number of unbranched alkanes of at least 4 members (excludes halogenated alkanes) is 3.